The molecule has 0 aromatic heterocycles. The summed E-state index contributed by atoms with van der Waals surface area (Å²) >= 11 is 1.94. The number of benzene rings is 1. The Kier molecular flexibility index (Phi) is 2.79. The van der Waals surface area contributed by atoms with E-state index in [1.807, 2.05) is 18.8 Å². The van der Waals surface area contributed by atoms with Crippen LogP contribution in [-0.4, -0.2) is 24.2 Å². The topological polar surface area (TPSA) is 21.3 Å². The summed E-state index contributed by atoms with van der Waals surface area (Å²) in [6, 6.07) is 5.03. The van der Waals surface area contributed by atoms with Gasteiger partial charge in [-0.1, -0.05) is 0 Å². The third kappa shape index (κ3) is 1.93. The van der Waals surface area contributed by atoms with Crippen LogP contribution in [0.3, 0.4) is 0 Å². The second-order valence-corrected chi connectivity index (χ2v) is 5.92. The predicted octanol–water partition coefficient (Wildman–Crippen LogP) is 2.74. The Labute approximate surface area is 105 Å². The number of halogens is 1. The fourth-order valence-electron chi connectivity index (χ4n) is 2.73. The van der Waals surface area contributed by atoms with Crippen molar-refractivity contribution in [2.24, 2.45) is 0 Å². The van der Waals surface area contributed by atoms with Crippen LogP contribution in [0, 0.1) is 5.82 Å². The van der Waals surface area contributed by atoms with E-state index in [0.29, 0.717) is 0 Å². The number of rotatable bonds is 1. The van der Waals surface area contributed by atoms with Gasteiger partial charge in [0.25, 0.3) is 0 Å². The lowest BCUT2D eigenvalue weighted by molar-refractivity contribution is 0.0563. The first kappa shape index (κ1) is 11.4. The van der Waals surface area contributed by atoms with Gasteiger partial charge in [0.2, 0.25) is 0 Å². The predicted molar refractivity (Wildman–Crippen MR) is 68.1 cm³/mol. The molecule has 92 valence electrons. The van der Waals surface area contributed by atoms with Gasteiger partial charge in [0, 0.05) is 23.8 Å². The molecular weight excluding hydrogens is 237 g/mol. The van der Waals surface area contributed by atoms with E-state index >= 15 is 0 Å². The average Bonchev–Trinajstić information content (AvgIpc) is 2.77. The van der Waals surface area contributed by atoms with E-state index in [1.54, 1.807) is 12.1 Å². The quantitative estimate of drug-likeness (QED) is 0.831. The Hall–Kier alpha value is -0.740. The van der Waals surface area contributed by atoms with Crippen molar-refractivity contribution >= 4 is 11.8 Å². The van der Waals surface area contributed by atoms with Gasteiger partial charge in [0.1, 0.15) is 17.2 Å². The number of fused-ring (bicyclic) bond motifs is 1. The van der Waals surface area contributed by atoms with Crippen LogP contribution in [0.4, 0.5) is 4.39 Å². The highest BCUT2D eigenvalue weighted by molar-refractivity contribution is 7.99. The average molecular weight is 253 g/mol. The lowest BCUT2D eigenvalue weighted by Gasteiger charge is -2.39. The van der Waals surface area contributed by atoms with Crippen molar-refractivity contribution in [3.63, 3.8) is 0 Å². The van der Waals surface area contributed by atoms with Crippen LogP contribution < -0.4 is 10.1 Å². The molecule has 1 aromatic carbocycles. The van der Waals surface area contributed by atoms with Crippen molar-refractivity contribution in [2.75, 3.05) is 18.6 Å². The summed E-state index contributed by atoms with van der Waals surface area (Å²) < 4.78 is 19.4. The molecule has 0 radical (unpaired) electrons. The first-order valence-electron chi connectivity index (χ1n) is 5.96. The van der Waals surface area contributed by atoms with Crippen LogP contribution in [0.15, 0.2) is 18.2 Å². The molecule has 2 nitrogen and oxygen atoms in total. The van der Waals surface area contributed by atoms with Crippen LogP contribution in [-0.2, 0) is 0 Å². The van der Waals surface area contributed by atoms with Crippen molar-refractivity contribution in [1.29, 1.82) is 0 Å². The van der Waals surface area contributed by atoms with E-state index in [4.69, 9.17) is 4.74 Å². The Morgan fingerprint density at radius 3 is 3.12 bits per heavy atom. The first-order valence-corrected chi connectivity index (χ1v) is 7.11. The Morgan fingerprint density at radius 1 is 1.53 bits per heavy atom. The van der Waals surface area contributed by atoms with Gasteiger partial charge in [0.05, 0.1) is 0 Å². The van der Waals surface area contributed by atoms with Gasteiger partial charge >= 0.3 is 0 Å². The van der Waals surface area contributed by atoms with E-state index < -0.39 is 0 Å². The number of thioether (sulfide) groups is 1. The fourth-order valence-corrected chi connectivity index (χ4v) is 4.08. The number of hydrogen-bond donors (Lipinski definition) is 1. The van der Waals surface area contributed by atoms with E-state index in [0.717, 1.165) is 35.7 Å². The van der Waals surface area contributed by atoms with Gasteiger partial charge in [-0.2, -0.15) is 11.8 Å². The van der Waals surface area contributed by atoms with Crippen molar-refractivity contribution in [3.05, 3.63) is 29.6 Å². The zero-order valence-electron chi connectivity index (χ0n) is 9.83. The van der Waals surface area contributed by atoms with Crippen molar-refractivity contribution in [1.82, 2.24) is 5.32 Å². The highest BCUT2D eigenvalue weighted by Gasteiger charge is 2.43. The molecule has 0 aliphatic carbocycles. The normalized spacial score (nSPS) is 31.3. The largest absolute Gasteiger partial charge is 0.486 e. The van der Waals surface area contributed by atoms with Crippen LogP contribution in [0.2, 0.25) is 0 Å². The minimum Gasteiger partial charge on any atom is -0.486 e. The van der Waals surface area contributed by atoms with Gasteiger partial charge < -0.3 is 10.1 Å². The summed E-state index contributed by atoms with van der Waals surface area (Å²) in [6.07, 6.45) is 2.03. The minimum atomic E-state index is -0.190. The molecule has 2 heterocycles. The zero-order valence-corrected chi connectivity index (χ0v) is 10.6. The smallest absolute Gasteiger partial charge is 0.125 e. The SMILES string of the molecule is CNC1CC2(CCSC2)Oc2ccc(F)cc21. The standard InChI is InChI=1S/C13H16FNOS/c1-15-11-7-13(4-5-17-8-13)16-12-3-2-9(14)6-10(11)12/h2-3,6,11,15H,4-5,7-8H2,1H3. The molecule has 2 aliphatic heterocycles. The van der Waals surface area contributed by atoms with Crippen LogP contribution in [0.25, 0.3) is 0 Å². The third-order valence-electron chi connectivity index (χ3n) is 3.67. The second kappa shape index (κ2) is 4.18. The van der Waals surface area contributed by atoms with Gasteiger partial charge in [-0.25, -0.2) is 4.39 Å². The molecular formula is C13H16FNOS. The number of hydrogen-bond acceptors (Lipinski definition) is 3. The molecule has 0 saturated carbocycles. The van der Waals surface area contributed by atoms with Crippen LogP contribution >= 0.6 is 11.8 Å². The summed E-state index contributed by atoms with van der Waals surface area (Å²) in [5.74, 6) is 2.86. The monoisotopic (exact) mass is 253 g/mol. The first-order chi connectivity index (χ1) is 8.22. The summed E-state index contributed by atoms with van der Waals surface area (Å²) in [7, 11) is 1.93. The number of ether oxygens (including phenoxy) is 1. The molecule has 17 heavy (non-hydrogen) atoms. The summed E-state index contributed by atoms with van der Waals surface area (Å²) in [4.78, 5) is 0. The van der Waals surface area contributed by atoms with E-state index in [9.17, 15) is 4.39 Å². The Balaban J connectivity index is 2.00. The van der Waals surface area contributed by atoms with Crippen molar-refractivity contribution in [3.8, 4) is 5.75 Å². The molecule has 1 fully saturated rings. The molecule has 1 spiro atoms. The van der Waals surface area contributed by atoms with E-state index in [-0.39, 0.29) is 17.5 Å². The van der Waals surface area contributed by atoms with Crippen molar-refractivity contribution < 1.29 is 9.13 Å². The molecule has 1 saturated heterocycles. The second-order valence-electron chi connectivity index (χ2n) is 4.82. The Morgan fingerprint density at radius 2 is 2.41 bits per heavy atom. The van der Waals surface area contributed by atoms with Crippen LogP contribution in [0.5, 0.6) is 5.75 Å². The molecule has 2 unspecified atom stereocenters. The summed E-state index contributed by atoms with van der Waals surface area (Å²) in [5, 5.41) is 3.28. The maximum atomic E-state index is 13.3. The lowest BCUT2D eigenvalue weighted by atomic mass is 9.87. The van der Waals surface area contributed by atoms with Gasteiger partial charge in [-0.3, -0.25) is 0 Å². The summed E-state index contributed by atoms with van der Waals surface area (Å²) in [5.41, 5.74) is 0.915. The third-order valence-corrected chi connectivity index (χ3v) is 4.89. The van der Waals surface area contributed by atoms with Gasteiger partial charge in [-0.05, 0) is 37.4 Å². The molecule has 1 N–H and O–H groups in total. The summed E-state index contributed by atoms with van der Waals surface area (Å²) in [6.45, 7) is 0. The van der Waals surface area contributed by atoms with Crippen molar-refractivity contribution in [2.45, 2.75) is 24.5 Å². The van der Waals surface area contributed by atoms with Gasteiger partial charge in [-0.15, -0.1) is 0 Å². The van der Waals surface area contributed by atoms with Crippen LogP contribution in [0.1, 0.15) is 24.4 Å². The molecule has 2 atom stereocenters. The Bertz CT molecular complexity index is 431. The van der Waals surface area contributed by atoms with E-state index in [1.165, 1.54) is 6.07 Å². The zero-order chi connectivity index (χ0) is 11.9. The minimum absolute atomic E-state index is 0.0385. The maximum absolute atomic E-state index is 13.3. The highest BCUT2D eigenvalue weighted by Crippen LogP contribution is 2.45. The fraction of sp³-hybridized carbons (Fsp3) is 0.538. The molecule has 0 bridgehead atoms. The lowest BCUT2D eigenvalue weighted by Crippen LogP contribution is -2.43. The number of nitrogens with one attached hydrogen (secondary N) is 1. The molecule has 4 heteroatoms. The van der Waals surface area contributed by atoms with Gasteiger partial charge in [0.15, 0.2) is 0 Å². The highest BCUT2D eigenvalue weighted by atomic mass is 32.2. The maximum Gasteiger partial charge on any atom is 0.125 e. The molecule has 2 aliphatic rings. The van der Waals surface area contributed by atoms with E-state index in [2.05, 4.69) is 5.32 Å². The molecule has 1 aromatic rings. The molecule has 3 rings (SSSR count). The molecule has 0 amide bonds.